The molecule has 0 amide bonds. The maximum Gasteiger partial charge on any atom is 0.0922 e. The highest BCUT2D eigenvalue weighted by molar-refractivity contribution is 6.38. The Balaban J connectivity index is 1.78. The molecule has 0 aliphatic carbocycles. The van der Waals surface area contributed by atoms with Gasteiger partial charge in [-0.1, -0.05) is 113 Å². The van der Waals surface area contributed by atoms with Crippen LogP contribution in [0.5, 0.6) is 0 Å². The second-order valence-electron chi connectivity index (χ2n) is 9.64. The minimum Gasteiger partial charge on any atom is -0.387 e. The van der Waals surface area contributed by atoms with E-state index in [0.29, 0.717) is 16.6 Å². The Morgan fingerprint density at radius 1 is 0.706 bits per heavy atom. The van der Waals surface area contributed by atoms with Crippen LogP contribution < -0.4 is 0 Å². The summed E-state index contributed by atoms with van der Waals surface area (Å²) in [7, 11) is 0. The summed E-state index contributed by atoms with van der Waals surface area (Å²) < 4.78 is 0. The van der Waals surface area contributed by atoms with E-state index in [9.17, 15) is 5.11 Å². The van der Waals surface area contributed by atoms with Crippen LogP contribution in [-0.2, 0) is 0 Å². The third-order valence-electron chi connectivity index (χ3n) is 6.89. The van der Waals surface area contributed by atoms with E-state index in [4.69, 9.17) is 23.2 Å². The van der Waals surface area contributed by atoms with Crippen molar-refractivity contribution in [3.8, 4) is 0 Å². The topological polar surface area (TPSA) is 23.5 Å². The van der Waals surface area contributed by atoms with Crippen molar-refractivity contribution in [2.24, 2.45) is 0 Å². The van der Waals surface area contributed by atoms with Crippen LogP contribution in [0, 0.1) is 0 Å². The fourth-order valence-corrected chi connectivity index (χ4v) is 5.38. The number of halogens is 2. The molecule has 0 spiro atoms. The molecule has 3 aromatic carbocycles. The first-order valence-electron chi connectivity index (χ1n) is 13.3. The van der Waals surface area contributed by atoms with Gasteiger partial charge in [-0.25, -0.2) is 0 Å². The van der Waals surface area contributed by atoms with Gasteiger partial charge >= 0.3 is 0 Å². The first-order chi connectivity index (χ1) is 16.5. The van der Waals surface area contributed by atoms with Gasteiger partial charge < -0.3 is 10.0 Å². The third-order valence-corrected chi connectivity index (χ3v) is 7.43. The molecule has 0 bridgehead atoms. The Bertz CT molecular complexity index is 1020. The Morgan fingerprint density at radius 3 is 2.00 bits per heavy atom. The lowest BCUT2D eigenvalue weighted by Gasteiger charge is -2.26. The van der Waals surface area contributed by atoms with E-state index in [-0.39, 0.29) is 0 Å². The second-order valence-corrected chi connectivity index (χ2v) is 10.5. The van der Waals surface area contributed by atoms with Crippen molar-refractivity contribution in [1.82, 2.24) is 4.90 Å². The van der Waals surface area contributed by atoms with Crippen molar-refractivity contribution in [2.75, 3.05) is 19.6 Å². The van der Waals surface area contributed by atoms with Crippen molar-refractivity contribution in [3.05, 3.63) is 58.1 Å². The lowest BCUT2D eigenvalue weighted by Crippen LogP contribution is -2.31. The zero-order valence-electron chi connectivity index (χ0n) is 21.0. The Labute approximate surface area is 216 Å². The van der Waals surface area contributed by atoms with Crippen molar-refractivity contribution in [1.29, 1.82) is 0 Å². The molecule has 34 heavy (non-hydrogen) atoms. The predicted molar refractivity (Wildman–Crippen MR) is 150 cm³/mol. The maximum absolute atomic E-state index is 11.4. The Hall–Kier alpha value is -1.32. The van der Waals surface area contributed by atoms with Crippen LogP contribution in [0.4, 0.5) is 0 Å². The molecule has 1 atom stereocenters. The average molecular weight is 503 g/mol. The van der Waals surface area contributed by atoms with E-state index in [1.807, 2.05) is 36.4 Å². The van der Waals surface area contributed by atoms with Gasteiger partial charge in [-0.3, -0.25) is 0 Å². The van der Waals surface area contributed by atoms with Crippen LogP contribution in [0.15, 0.2) is 42.5 Å². The lowest BCUT2D eigenvalue weighted by molar-refractivity contribution is 0.111. The molecule has 0 fully saturated rings. The zero-order chi connectivity index (χ0) is 24.3. The van der Waals surface area contributed by atoms with E-state index in [1.165, 1.54) is 64.2 Å². The second kappa shape index (κ2) is 14.3. The summed E-state index contributed by atoms with van der Waals surface area (Å²) in [5.74, 6) is 0. The fourth-order valence-electron chi connectivity index (χ4n) is 4.94. The maximum atomic E-state index is 11.4. The number of nitrogens with zero attached hydrogens (tertiary/aromatic N) is 1. The smallest absolute Gasteiger partial charge is 0.0922 e. The van der Waals surface area contributed by atoms with Crippen molar-refractivity contribution in [3.63, 3.8) is 0 Å². The van der Waals surface area contributed by atoms with Crippen LogP contribution in [0.3, 0.4) is 0 Å². The van der Waals surface area contributed by atoms with E-state index >= 15 is 0 Å². The van der Waals surface area contributed by atoms with Gasteiger partial charge in [0, 0.05) is 22.0 Å². The van der Waals surface area contributed by atoms with Crippen molar-refractivity contribution < 1.29 is 5.11 Å². The molecule has 0 aliphatic rings. The first-order valence-corrected chi connectivity index (χ1v) is 14.0. The first kappa shape index (κ1) is 27.3. The van der Waals surface area contributed by atoms with Gasteiger partial charge in [0.15, 0.2) is 0 Å². The number of fused-ring (bicyclic) bond motifs is 3. The van der Waals surface area contributed by atoms with Gasteiger partial charge in [0.2, 0.25) is 0 Å². The number of hydrogen-bond acceptors (Lipinski definition) is 2. The quantitative estimate of drug-likeness (QED) is 0.165. The molecule has 4 heteroatoms. The molecule has 1 N–H and O–H groups in total. The Morgan fingerprint density at radius 2 is 1.35 bits per heavy atom. The minimum atomic E-state index is -0.553. The summed E-state index contributed by atoms with van der Waals surface area (Å²) >= 11 is 13.0. The minimum absolute atomic E-state index is 0.553. The van der Waals surface area contributed by atoms with Gasteiger partial charge in [0.05, 0.1) is 6.10 Å². The van der Waals surface area contributed by atoms with Crippen molar-refractivity contribution in [2.45, 2.75) is 84.2 Å². The molecule has 3 aromatic rings. The highest BCUT2D eigenvalue weighted by Crippen LogP contribution is 2.36. The van der Waals surface area contributed by atoms with E-state index in [1.54, 1.807) is 0 Å². The van der Waals surface area contributed by atoms with Gasteiger partial charge in [-0.15, -0.1) is 0 Å². The molecule has 0 heterocycles. The number of rotatable bonds is 15. The van der Waals surface area contributed by atoms with Crippen LogP contribution in [0.1, 0.15) is 89.7 Å². The zero-order valence-corrected chi connectivity index (χ0v) is 22.5. The van der Waals surface area contributed by atoms with Crippen molar-refractivity contribution >= 4 is 44.7 Å². The van der Waals surface area contributed by atoms with Gasteiger partial charge in [-0.05, 0) is 65.9 Å². The number of aliphatic hydroxyl groups excluding tert-OH is 1. The summed E-state index contributed by atoms with van der Waals surface area (Å²) in [5.41, 5.74) is 0.947. The van der Waals surface area contributed by atoms with E-state index in [0.717, 1.165) is 40.2 Å². The molecule has 0 saturated carbocycles. The summed E-state index contributed by atoms with van der Waals surface area (Å²) in [4.78, 5) is 2.47. The summed E-state index contributed by atoms with van der Waals surface area (Å²) in [5, 5.41) is 16.9. The summed E-state index contributed by atoms with van der Waals surface area (Å²) in [6.07, 6.45) is 12.2. The van der Waals surface area contributed by atoms with E-state index in [2.05, 4.69) is 24.8 Å². The standard InChI is InChI=1S/C30H41Cl2NO/c1-3-5-7-9-11-18-33(19-12-10-8-6-4-2)22-30(34)26-15-13-14-24-27-20-23(31)16-17-25(27)29(32)21-28(24)26/h13-17,20-21,30,34H,3-12,18-19,22H2,1-2H3. The molecule has 0 aliphatic heterocycles. The number of benzene rings is 3. The molecule has 3 rings (SSSR count). The van der Waals surface area contributed by atoms with Gasteiger partial charge in [0.1, 0.15) is 0 Å². The van der Waals surface area contributed by atoms with Gasteiger partial charge in [0.25, 0.3) is 0 Å². The fraction of sp³-hybridized carbons (Fsp3) is 0.533. The molecule has 0 aromatic heterocycles. The number of aliphatic hydroxyl groups is 1. The van der Waals surface area contributed by atoms with Crippen LogP contribution in [0.2, 0.25) is 10.0 Å². The molecule has 2 nitrogen and oxygen atoms in total. The molecule has 1 unspecified atom stereocenters. The monoisotopic (exact) mass is 501 g/mol. The molecule has 186 valence electrons. The van der Waals surface area contributed by atoms with Crippen LogP contribution >= 0.6 is 23.2 Å². The summed E-state index contributed by atoms with van der Waals surface area (Å²) in [6, 6.07) is 14.0. The summed E-state index contributed by atoms with van der Waals surface area (Å²) in [6.45, 7) is 7.28. The van der Waals surface area contributed by atoms with Crippen LogP contribution in [0.25, 0.3) is 21.5 Å². The van der Waals surface area contributed by atoms with Gasteiger partial charge in [-0.2, -0.15) is 0 Å². The predicted octanol–water partition coefficient (Wildman–Crippen LogP) is 9.58. The SMILES string of the molecule is CCCCCCCN(CCCCCCC)CC(O)c1cccc2c1cc(Cl)c1ccc(Cl)cc12. The normalized spacial score (nSPS) is 12.8. The average Bonchev–Trinajstić information content (AvgIpc) is 2.83. The molecule has 0 radical (unpaired) electrons. The van der Waals surface area contributed by atoms with Crippen LogP contribution in [-0.4, -0.2) is 29.6 Å². The highest BCUT2D eigenvalue weighted by atomic mass is 35.5. The third kappa shape index (κ3) is 7.59. The lowest BCUT2D eigenvalue weighted by atomic mass is 9.95. The Kier molecular flexibility index (Phi) is 11.5. The largest absolute Gasteiger partial charge is 0.387 e. The molecular formula is C30H41Cl2NO. The number of hydrogen-bond donors (Lipinski definition) is 1. The number of unbranched alkanes of at least 4 members (excludes halogenated alkanes) is 8. The molecular weight excluding hydrogens is 461 g/mol. The highest BCUT2D eigenvalue weighted by Gasteiger charge is 2.17. The molecule has 0 saturated heterocycles. The van der Waals surface area contributed by atoms with E-state index < -0.39 is 6.10 Å².